The molecule has 1 atom stereocenters. The van der Waals surface area contributed by atoms with Gasteiger partial charge >= 0.3 is 0 Å². The number of nitro benzene ring substituents is 1. The van der Waals surface area contributed by atoms with Crippen LogP contribution in [0, 0.1) is 21.4 Å². The van der Waals surface area contributed by atoms with Crippen molar-refractivity contribution >= 4 is 5.69 Å². The molecular weight excluding hydrogens is 278 g/mol. The van der Waals surface area contributed by atoms with E-state index in [-0.39, 0.29) is 11.3 Å². The molecule has 0 aliphatic carbocycles. The van der Waals surface area contributed by atoms with Gasteiger partial charge in [-0.1, -0.05) is 55.1 Å². The van der Waals surface area contributed by atoms with E-state index in [1.54, 1.807) is 18.2 Å². The van der Waals surface area contributed by atoms with Crippen LogP contribution in [-0.2, 0) is 6.54 Å². The van der Waals surface area contributed by atoms with Gasteiger partial charge in [0.25, 0.3) is 5.69 Å². The number of hydrogen-bond donors (Lipinski definition) is 1. The molecule has 0 radical (unpaired) electrons. The molecule has 1 N–H and O–H groups in total. The number of nitrogens with one attached hydrogen (secondary N) is 1. The maximum atomic E-state index is 11.2. The lowest BCUT2D eigenvalue weighted by Crippen LogP contribution is -2.23. The highest BCUT2D eigenvalue weighted by molar-refractivity contribution is 5.47. The van der Waals surface area contributed by atoms with Crippen molar-refractivity contribution < 1.29 is 4.92 Å². The lowest BCUT2D eigenvalue weighted by molar-refractivity contribution is -0.385. The summed E-state index contributed by atoms with van der Waals surface area (Å²) in [5.41, 5.74) is 1.68. The summed E-state index contributed by atoms with van der Waals surface area (Å²) in [6, 6.07) is 17.4. The maximum absolute atomic E-state index is 11.2. The van der Waals surface area contributed by atoms with Crippen molar-refractivity contribution in [3.05, 3.63) is 88.0 Å². The zero-order valence-electron chi connectivity index (χ0n) is 11.9. The Morgan fingerprint density at radius 1 is 1.23 bits per heavy atom. The Morgan fingerprint density at radius 2 is 1.86 bits per heavy atom. The number of para-hydroxylation sites is 1. The Bertz CT molecular complexity index is 720. The molecule has 22 heavy (non-hydrogen) atoms. The lowest BCUT2D eigenvalue weighted by Gasteiger charge is -2.18. The van der Waals surface area contributed by atoms with Crippen LogP contribution in [-0.4, -0.2) is 4.92 Å². The van der Waals surface area contributed by atoms with Gasteiger partial charge in [-0.2, -0.15) is 5.26 Å². The first-order valence-corrected chi connectivity index (χ1v) is 6.73. The van der Waals surface area contributed by atoms with Gasteiger partial charge in [0.2, 0.25) is 0 Å². The van der Waals surface area contributed by atoms with E-state index >= 15 is 0 Å². The highest BCUT2D eigenvalue weighted by Crippen LogP contribution is 2.29. The van der Waals surface area contributed by atoms with Gasteiger partial charge in [0.15, 0.2) is 0 Å². The zero-order valence-corrected chi connectivity index (χ0v) is 11.9. The van der Waals surface area contributed by atoms with E-state index in [0.717, 1.165) is 5.56 Å². The molecule has 5 nitrogen and oxygen atoms in total. The summed E-state index contributed by atoms with van der Waals surface area (Å²) in [5.74, 6) is 0. The fourth-order valence-electron chi connectivity index (χ4n) is 2.20. The minimum atomic E-state index is -0.591. The fourth-order valence-corrected chi connectivity index (χ4v) is 2.20. The predicted molar refractivity (Wildman–Crippen MR) is 83.9 cm³/mol. The molecule has 0 aliphatic rings. The van der Waals surface area contributed by atoms with Crippen molar-refractivity contribution in [3.63, 3.8) is 0 Å². The molecule has 0 spiro atoms. The summed E-state index contributed by atoms with van der Waals surface area (Å²) in [5, 5.41) is 23.5. The third kappa shape index (κ3) is 3.57. The molecule has 1 unspecified atom stereocenters. The van der Waals surface area contributed by atoms with Crippen LogP contribution in [0.4, 0.5) is 5.69 Å². The maximum Gasteiger partial charge on any atom is 0.274 e. The van der Waals surface area contributed by atoms with Crippen LogP contribution in [0.1, 0.15) is 17.2 Å². The van der Waals surface area contributed by atoms with Crippen LogP contribution >= 0.6 is 0 Å². The Morgan fingerprint density at radius 3 is 2.50 bits per heavy atom. The van der Waals surface area contributed by atoms with Crippen molar-refractivity contribution in [2.24, 2.45) is 0 Å². The Kier molecular flexibility index (Phi) is 5.02. The molecule has 0 heterocycles. The molecule has 2 aromatic rings. The standard InChI is InChI=1S/C17H15N3O2/c1-13(11-18)17(19-12-14-7-3-2-4-8-14)15-9-5-6-10-16(15)20(21)22/h2-10,17,19H,1,12H2. The number of benzene rings is 2. The SMILES string of the molecule is C=C(C#N)C(NCc1ccccc1)c1ccccc1[N+](=O)[O-]. The molecule has 0 saturated carbocycles. The summed E-state index contributed by atoms with van der Waals surface area (Å²) in [6.45, 7) is 4.20. The number of rotatable bonds is 6. The van der Waals surface area contributed by atoms with Crippen molar-refractivity contribution in [1.29, 1.82) is 5.26 Å². The normalized spacial score (nSPS) is 11.4. The average molecular weight is 293 g/mol. The van der Waals surface area contributed by atoms with Gasteiger partial charge in [-0.05, 0) is 5.56 Å². The second-order valence-corrected chi connectivity index (χ2v) is 4.75. The van der Waals surface area contributed by atoms with Crippen LogP contribution in [0.25, 0.3) is 0 Å². The minimum Gasteiger partial charge on any atom is -0.301 e. The summed E-state index contributed by atoms with van der Waals surface area (Å²) in [6.07, 6.45) is 0. The molecule has 110 valence electrons. The lowest BCUT2D eigenvalue weighted by atomic mass is 9.98. The molecule has 2 rings (SSSR count). The van der Waals surface area contributed by atoms with E-state index in [9.17, 15) is 10.1 Å². The van der Waals surface area contributed by atoms with Gasteiger partial charge in [0.05, 0.1) is 22.6 Å². The van der Waals surface area contributed by atoms with Crippen molar-refractivity contribution in [2.45, 2.75) is 12.6 Å². The first kappa shape index (κ1) is 15.4. The summed E-state index contributed by atoms with van der Waals surface area (Å²) >= 11 is 0. The number of nitro groups is 1. The molecule has 0 saturated heterocycles. The predicted octanol–water partition coefficient (Wildman–Crippen LogP) is 3.51. The monoisotopic (exact) mass is 293 g/mol. The van der Waals surface area contributed by atoms with Gasteiger partial charge in [-0.3, -0.25) is 10.1 Å². The molecule has 2 aromatic carbocycles. The largest absolute Gasteiger partial charge is 0.301 e. The van der Waals surface area contributed by atoms with E-state index in [2.05, 4.69) is 11.9 Å². The van der Waals surface area contributed by atoms with E-state index in [1.807, 2.05) is 36.4 Å². The fraction of sp³-hybridized carbons (Fsp3) is 0.118. The zero-order chi connectivity index (χ0) is 15.9. The Hall–Kier alpha value is -2.97. The second-order valence-electron chi connectivity index (χ2n) is 4.75. The summed E-state index contributed by atoms with van der Waals surface area (Å²) in [4.78, 5) is 10.7. The number of hydrogen-bond acceptors (Lipinski definition) is 4. The third-order valence-corrected chi connectivity index (χ3v) is 3.29. The minimum absolute atomic E-state index is 0.0236. The smallest absolute Gasteiger partial charge is 0.274 e. The van der Waals surface area contributed by atoms with Gasteiger partial charge in [-0.15, -0.1) is 0 Å². The molecule has 0 bridgehead atoms. The topological polar surface area (TPSA) is 79.0 Å². The van der Waals surface area contributed by atoms with Gasteiger partial charge in [-0.25, -0.2) is 0 Å². The Balaban J connectivity index is 2.30. The van der Waals surface area contributed by atoms with Crippen LogP contribution in [0.15, 0.2) is 66.7 Å². The molecule has 0 amide bonds. The van der Waals surface area contributed by atoms with E-state index in [4.69, 9.17) is 5.26 Å². The van der Waals surface area contributed by atoms with E-state index in [0.29, 0.717) is 12.1 Å². The van der Waals surface area contributed by atoms with Gasteiger partial charge < -0.3 is 5.32 Å². The van der Waals surface area contributed by atoms with Crippen LogP contribution in [0.5, 0.6) is 0 Å². The summed E-state index contributed by atoms with van der Waals surface area (Å²) < 4.78 is 0. The first-order chi connectivity index (χ1) is 10.6. The third-order valence-electron chi connectivity index (χ3n) is 3.29. The van der Waals surface area contributed by atoms with Gasteiger partial charge in [0.1, 0.15) is 0 Å². The van der Waals surface area contributed by atoms with Gasteiger partial charge in [0, 0.05) is 18.2 Å². The molecule has 0 aromatic heterocycles. The molecular formula is C17H15N3O2. The van der Waals surface area contributed by atoms with Crippen LogP contribution in [0.2, 0.25) is 0 Å². The highest BCUT2D eigenvalue weighted by Gasteiger charge is 2.23. The van der Waals surface area contributed by atoms with E-state index in [1.165, 1.54) is 6.07 Å². The number of nitriles is 1. The van der Waals surface area contributed by atoms with Crippen molar-refractivity contribution in [2.75, 3.05) is 0 Å². The number of nitrogens with zero attached hydrogens (tertiary/aromatic N) is 2. The first-order valence-electron chi connectivity index (χ1n) is 6.73. The quantitative estimate of drug-likeness (QED) is 0.502. The highest BCUT2D eigenvalue weighted by atomic mass is 16.6. The average Bonchev–Trinajstić information content (AvgIpc) is 2.56. The summed E-state index contributed by atoms with van der Waals surface area (Å²) in [7, 11) is 0. The second kappa shape index (κ2) is 7.16. The van der Waals surface area contributed by atoms with Crippen molar-refractivity contribution in [1.82, 2.24) is 5.32 Å². The molecule has 0 fully saturated rings. The van der Waals surface area contributed by atoms with Crippen molar-refractivity contribution in [3.8, 4) is 6.07 Å². The molecule has 0 aliphatic heterocycles. The van der Waals surface area contributed by atoms with E-state index < -0.39 is 11.0 Å². The van der Waals surface area contributed by atoms with Crippen LogP contribution in [0.3, 0.4) is 0 Å². The van der Waals surface area contributed by atoms with Crippen LogP contribution < -0.4 is 5.32 Å². The Labute approximate surface area is 128 Å². The molecule has 5 heteroatoms.